The number of ether oxygens (including phenoxy) is 2. The molecule has 0 fully saturated rings. The maximum absolute atomic E-state index is 12.1. The summed E-state index contributed by atoms with van der Waals surface area (Å²) in [4.78, 5) is 12.1. The summed E-state index contributed by atoms with van der Waals surface area (Å²) < 4.78 is 17.5. The predicted octanol–water partition coefficient (Wildman–Crippen LogP) is 4.15. The molecule has 1 aromatic carbocycles. The fourth-order valence-corrected chi connectivity index (χ4v) is 3.40. The highest BCUT2D eigenvalue weighted by atomic mass is 16.5. The first kappa shape index (κ1) is 18.5. The summed E-state index contributed by atoms with van der Waals surface area (Å²) in [5.74, 6) is 1.02. The van der Waals surface area contributed by atoms with Crippen molar-refractivity contribution in [2.75, 3.05) is 6.61 Å². The van der Waals surface area contributed by atoms with Crippen LogP contribution in [0.4, 0.5) is 0 Å². The molecule has 26 heavy (non-hydrogen) atoms. The van der Waals surface area contributed by atoms with Crippen LogP contribution in [0.2, 0.25) is 0 Å². The topological polar surface area (TPSA) is 68.9 Å². The van der Waals surface area contributed by atoms with Crippen LogP contribution in [0.3, 0.4) is 0 Å². The van der Waals surface area contributed by atoms with Crippen molar-refractivity contribution < 1.29 is 19.0 Å². The molecule has 1 aliphatic heterocycles. The highest BCUT2D eigenvalue weighted by Crippen LogP contribution is 2.46. The van der Waals surface area contributed by atoms with Crippen LogP contribution in [0, 0.1) is 5.92 Å². The van der Waals surface area contributed by atoms with Crippen molar-refractivity contribution in [2.24, 2.45) is 5.92 Å². The van der Waals surface area contributed by atoms with Gasteiger partial charge in [0.1, 0.15) is 24.2 Å². The van der Waals surface area contributed by atoms with Crippen molar-refractivity contribution in [3.63, 3.8) is 0 Å². The van der Waals surface area contributed by atoms with Crippen LogP contribution in [0.1, 0.15) is 51.3 Å². The molecule has 0 saturated heterocycles. The number of rotatable bonds is 5. The van der Waals surface area contributed by atoms with Gasteiger partial charge in [-0.1, -0.05) is 32.4 Å². The van der Waals surface area contributed by atoms with Gasteiger partial charge in [-0.05, 0) is 25.8 Å². The molecule has 0 saturated carbocycles. The molecule has 2 aromatic rings. The molecule has 2 heterocycles. The first-order chi connectivity index (χ1) is 12.5. The predicted molar refractivity (Wildman–Crippen MR) is 101 cm³/mol. The average molecular weight is 358 g/mol. The summed E-state index contributed by atoms with van der Waals surface area (Å²) in [5.41, 5.74) is 1.36. The molecule has 1 N–H and O–H groups in total. The Labute approximate surface area is 153 Å². The third kappa shape index (κ3) is 3.23. The van der Waals surface area contributed by atoms with Crippen molar-refractivity contribution in [3.05, 3.63) is 45.8 Å². The first-order valence-electron chi connectivity index (χ1n) is 9.20. The van der Waals surface area contributed by atoms with E-state index in [0.717, 1.165) is 23.8 Å². The lowest BCUT2D eigenvalue weighted by atomic mass is 9.88. The highest BCUT2D eigenvalue weighted by molar-refractivity contribution is 5.91. The Hall–Kier alpha value is -2.27. The van der Waals surface area contributed by atoms with Crippen molar-refractivity contribution in [3.8, 4) is 11.5 Å². The Morgan fingerprint density at radius 2 is 2.08 bits per heavy atom. The fourth-order valence-electron chi connectivity index (χ4n) is 3.40. The summed E-state index contributed by atoms with van der Waals surface area (Å²) in [7, 11) is 0. The van der Waals surface area contributed by atoms with Gasteiger partial charge in [0.05, 0.1) is 17.1 Å². The van der Waals surface area contributed by atoms with E-state index in [4.69, 9.17) is 13.9 Å². The first-order valence-corrected chi connectivity index (χ1v) is 9.20. The van der Waals surface area contributed by atoms with Crippen molar-refractivity contribution in [1.82, 2.24) is 0 Å². The van der Waals surface area contributed by atoms with Crippen LogP contribution in [0.5, 0.6) is 11.5 Å². The molecule has 0 bridgehead atoms. The lowest BCUT2D eigenvalue weighted by molar-refractivity contribution is 0.0178. The molecular weight excluding hydrogens is 332 g/mol. The maximum Gasteiger partial charge on any atom is 0.336 e. The number of fused-ring (bicyclic) bond motifs is 3. The van der Waals surface area contributed by atoms with Crippen LogP contribution in [0.25, 0.3) is 11.0 Å². The van der Waals surface area contributed by atoms with Crippen LogP contribution < -0.4 is 15.1 Å². The number of hydrogen-bond donors (Lipinski definition) is 1. The number of aliphatic hydroxyl groups excluding tert-OH is 1. The minimum absolute atomic E-state index is 0.111. The monoisotopic (exact) mass is 358 g/mol. The minimum atomic E-state index is -0.763. The van der Waals surface area contributed by atoms with E-state index in [1.54, 1.807) is 0 Å². The Kier molecular flexibility index (Phi) is 5.37. The zero-order valence-electron chi connectivity index (χ0n) is 15.7. The van der Waals surface area contributed by atoms with E-state index >= 15 is 0 Å². The number of hydrogen-bond acceptors (Lipinski definition) is 5. The summed E-state index contributed by atoms with van der Waals surface area (Å²) in [6.07, 6.45) is 4.52. The van der Waals surface area contributed by atoms with Gasteiger partial charge in [-0.2, -0.15) is 0 Å². The summed E-state index contributed by atoms with van der Waals surface area (Å²) in [6.45, 7) is 8.24. The van der Waals surface area contributed by atoms with Gasteiger partial charge in [0, 0.05) is 18.1 Å². The SMILES string of the molecule is C/C=C/COc1cc2c(c3oc(=O)cc(CCC)c13)C(O)C(C)C(C)O2. The van der Waals surface area contributed by atoms with Gasteiger partial charge in [0.2, 0.25) is 0 Å². The van der Waals surface area contributed by atoms with Gasteiger partial charge in [0.25, 0.3) is 0 Å². The Bertz CT molecular complexity index is 880. The molecule has 0 amide bonds. The van der Waals surface area contributed by atoms with Crippen molar-refractivity contribution in [1.29, 1.82) is 0 Å². The van der Waals surface area contributed by atoms with E-state index < -0.39 is 11.7 Å². The molecular formula is C21H26O5. The standard InChI is InChI=1S/C21H26O5/c1-5-7-9-24-15-11-16-19(20(23)12(3)13(4)25-16)21-18(15)14(8-6-2)10-17(22)26-21/h5,7,10-13,20,23H,6,8-9H2,1-4H3/b7-5+. The third-order valence-corrected chi connectivity index (χ3v) is 5.00. The molecule has 3 rings (SSSR count). The lowest BCUT2D eigenvalue weighted by Gasteiger charge is -2.34. The summed E-state index contributed by atoms with van der Waals surface area (Å²) in [5, 5.41) is 11.6. The molecule has 0 aliphatic carbocycles. The number of benzene rings is 1. The molecule has 5 nitrogen and oxygen atoms in total. The minimum Gasteiger partial charge on any atom is -0.490 e. The number of aryl methyl sites for hydroxylation is 1. The van der Waals surface area contributed by atoms with Crippen molar-refractivity contribution >= 4 is 11.0 Å². The van der Waals surface area contributed by atoms with E-state index in [0.29, 0.717) is 29.3 Å². The normalized spacial score (nSPS) is 22.4. The molecule has 1 aromatic heterocycles. The maximum atomic E-state index is 12.1. The second-order valence-corrected chi connectivity index (χ2v) is 6.84. The zero-order chi connectivity index (χ0) is 18.8. The van der Waals surface area contributed by atoms with Crippen molar-refractivity contribution in [2.45, 2.75) is 52.7 Å². The van der Waals surface area contributed by atoms with Gasteiger partial charge in [0.15, 0.2) is 5.58 Å². The second-order valence-electron chi connectivity index (χ2n) is 6.84. The van der Waals surface area contributed by atoms with Crippen LogP contribution in [0.15, 0.2) is 33.5 Å². The van der Waals surface area contributed by atoms with E-state index in [2.05, 4.69) is 6.92 Å². The van der Waals surface area contributed by atoms with Gasteiger partial charge in [-0.3, -0.25) is 0 Å². The molecule has 3 unspecified atom stereocenters. The molecule has 0 spiro atoms. The van der Waals surface area contributed by atoms with Gasteiger partial charge < -0.3 is 19.0 Å². The van der Waals surface area contributed by atoms with Crippen LogP contribution in [-0.4, -0.2) is 17.8 Å². The largest absolute Gasteiger partial charge is 0.490 e. The third-order valence-electron chi connectivity index (χ3n) is 5.00. The second kappa shape index (κ2) is 7.54. The molecule has 3 atom stereocenters. The smallest absolute Gasteiger partial charge is 0.336 e. The average Bonchev–Trinajstić information content (AvgIpc) is 2.59. The quantitative estimate of drug-likeness (QED) is 0.642. The number of allylic oxidation sites excluding steroid dienone is 1. The van der Waals surface area contributed by atoms with Gasteiger partial charge >= 0.3 is 5.63 Å². The molecule has 5 heteroatoms. The van der Waals surface area contributed by atoms with E-state index in [1.165, 1.54) is 6.07 Å². The zero-order valence-corrected chi connectivity index (χ0v) is 15.7. The Morgan fingerprint density at radius 3 is 2.77 bits per heavy atom. The Morgan fingerprint density at radius 1 is 1.31 bits per heavy atom. The van der Waals surface area contributed by atoms with E-state index in [9.17, 15) is 9.90 Å². The lowest BCUT2D eigenvalue weighted by Crippen LogP contribution is -2.32. The molecule has 140 valence electrons. The van der Waals surface area contributed by atoms with Crippen LogP contribution in [-0.2, 0) is 6.42 Å². The van der Waals surface area contributed by atoms with E-state index in [1.807, 2.05) is 39.0 Å². The van der Waals surface area contributed by atoms with Crippen LogP contribution >= 0.6 is 0 Å². The summed E-state index contributed by atoms with van der Waals surface area (Å²) in [6, 6.07) is 3.33. The highest BCUT2D eigenvalue weighted by Gasteiger charge is 2.35. The van der Waals surface area contributed by atoms with Gasteiger partial charge in [-0.15, -0.1) is 0 Å². The van der Waals surface area contributed by atoms with Gasteiger partial charge in [-0.25, -0.2) is 4.79 Å². The number of aliphatic hydroxyl groups is 1. The fraction of sp³-hybridized carbons (Fsp3) is 0.476. The molecule has 1 aliphatic rings. The van der Waals surface area contributed by atoms with E-state index in [-0.39, 0.29) is 12.0 Å². The molecule has 0 radical (unpaired) electrons. The summed E-state index contributed by atoms with van der Waals surface area (Å²) >= 11 is 0. The Balaban J connectivity index is 2.31.